The summed E-state index contributed by atoms with van der Waals surface area (Å²) in [7, 11) is 0. The summed E-state index contributed by atoms with van der Waals surface area (Å²) < 4.78 is 0. The molecule has 0 bridgehead atoms. The third-order valence-electron chi connectivity index (χ3n) is 4.29. The predicted octanol–water partition coefficient (Wildman–Crippen LogP) is 3.80. The van der Waals surface area contributed by atoms with Crippen LogP contribution in [0, 0.1) is 5.41 Å². The molecule has 2 unspecified atom stereocenters. The van der Waals surface area contributed by atoms with Crippen LogP contribution in [0.15, 0.2) is 54.6 Å². The quantitative estimate of drug-likeness (QED) is 0.844. The predicted molar refractivity (Wildman–Crippen MR) is 76.4 cm³/mol. The Hall–Kier alpha value is -1.60. The van der Waals surface area contributed by atoms with Gasteiger partial charge in [0, 0.05) is 12.0 Å². The van der Waals surface area contributed by atoms with Gasteiger partial charge in [-0.3, -0.25) is 0 Å². The van der Waals surface area contributed by atoms with Gasteiger partial charge in [-0.05, 0) is 22.1 Å². The van der Waals surface area contributed by atoms with Crippen LogP contribution in [0.3, 0.4) is 0 Å². The van der Waals surface area contributed by atoms with Gasteiger partial charge in [-0.2, -0.15) is 0 Å². The van der Waals surface area contributed by atoms with E-state index in [2.05, 4.69) is 68.4 Å². The van der Waals surface area contributed by atoms with Gasteiger partial charge in [0.05, 0.1) is 0 Å². The maximum absolute atomic E-state index is 6.22. The molecule has 1 aliphatic carbocycles. The van der Waals surface area contributed by atoms with Crippen LogP contribution in [0.5, 0.6) is 0 Å². The first kappa shape index (κ1) is 11.5. The Morgan fingerprint density at radius 1 is 0.889 bits per heavy atom. The van der Waals surface area contributed by atoms with Crippen LogP contribution >= 0.6 is 0 Å². The van der Waals surface area contributed by atoms with E-state index < -0.39 is 0 Å². The van der Waals surface area contributed by atoms with Crippen LogP contribution in [0.25, 0.3) is 11.1 Å². The molecule has 92 valence electrons. The average molecular weight is 237 g/mol. The van der Waals surface area contributed by atoms with Gasteiger partial charge in [0.25, 0.3) is 0 Å². The highest BCUT2D eigenvalue weighted by Gasteiger charge is 2.56. The standard InChI is InChI=1S/C17H19N/c1-17(2)15(16(17)18)14-11-7-6-10-13(14)12-8-4-3-5-9-12/h3-11,15-16H,18H2,1-2H3. The van der Waals surface area contributed by atoms with E-state index in [0.29, 0.717) is 5.92 Å². The zero-order valence-corrected chi connectivity index (χ0v) is 10.9. The first-order chi connectivity index (χ1) is 8.62. The number of rotatable bonds is 2. The minimum absolute atomic E-state index is 0.227. The molecule has 2 atom stereocenters. The van der Waals surface area contributed by atoms with Gasteiger partial charge < -0.3 is 5.73 Å². The highest BCUT2D eigenvalue weighted by Crippen LogP contribution is 2.58. The monoisotopic (exact) mass is 237 g/mol. The maximum atomic E-state index is 6.22. The smallest absolute Gasteiger partial charge is 0.0172 e. The van der Waals surface area contributed by atoms with Crippen molar-refractivity contribution in [3.8, 4) is 11.1 Å². The molecule has 2 N–H and O–H groups in total. The highest BCUT2D eigenvalue weighted by molar-refractivity contribution is 5.69. The lowest BCUT2D eigenvalue weighted by Gasteiger charge is -2.10. The van der Waals surface area contributed by atoms with Gasteiger partial charge in [-0.25, -0.2) is 0 Å². The van der Waals surface area contributed by atoms with E-state index in [0.717, 1.165) is 0 Å². The van der Waals surface area contributed by atoms with Gasteiger partial charge in [-0.1, -0.05) is 68.4 Å². The summed E-state index contributed by atoms with van der Waals surface area (Å²) >= 11 is 0. The molecule has 0 aliphatic heterocycles. The fourth-order valence-electron chi connectivity index (χ4n) is 2.92. The SMILES string of the molecule is CC1(C)C(N)C1c1ccccc1-c1ccccc1. The first-order valence-electron chi connectivity index (χ1n) is 6.52. The molecule has 0 radical (unpaired) electrons. The third-order valence-corrected chi connectivity index (χ3v) is 4.29. The highest BCUT2D eigenvalue weighted by atomic mass is 14.8. The van der Waals surface area contributed by atoms with Crippen LogP contribution in [0.2, 0.25) is 0 Å². The minimum atomic E-state index is 0.227. The van der Waals surface area contributed by atoms with E-state index in [9.17, 15) is 0 Å². The van der Waals surface area contributed by atoms with Crippen LogP contribution in [0.1, 0.15) is 25.3 Å². The summed E-state index contributed by atoms with van der Waals surface area (Å²) in [6.07, 6.45) is 0. The molecule has 2 aromatic rings. The molecular formula is C17H19N. The molecule has 1 aliphatic rings. The molecule has 0 amide bonds. The number of hydrogen-bond acceptors (Lipinski definition) is 1. The van der Waals surface area contributed by atoms with Gasteiger partial charge >= 0.3 is 0 Å². The summed E-state index contributed by atoms with van der Waals surface area (Å²) in [4.78, 5) is 0. The van der Waals surface area contributed by atoms with Crippen LogP contribution in [-0.4, -0.2) is 6.04 Å². The van der Waals surface area contributed by atoms with E-state index in [1.165, 1.54) is 16.7 Å². The fourth-order valence-corrected chi connectivity index (χ4v) is 2.92. The molecule has 1 saturated carbocycles. The van der Waals surface area contributed by atoms with Gasteiger partial charge in [0.15, 0.2) is 0 Å². The summed E-state index contributed by atoms with van der Waals surface area (Å²) in [5, 5.41) is 0. The van der Waals surface area contributed by atoms with Crippen molar-refractivity contribution in [2.45, 2.75) is 25.8 Å². The second-order valence-electron chi connectivity index (χ2n) is 5.78. The normalized spacial score (nSPS) is 24.8. The Balaban J connectivity index is 2.08. The second kappa shape index (κ2) is 3.96. The lowest BCUT2D eigenvalue weighted by Crippen LogP contribution is -2.06. The molecule has 1 heteroatoms. The molecule has 3 rings (SSSR count). The maximum Gasteiger partial charge on any atom is 0.0172 e. The summed E-state index contributed by atoms with van der Waals surface area (Å²) in [5.41, 5.74) is 10.4. The second-order valence-corrected chi connectivity index (χ2v) is 5.78. The van der Waals surface area contributed by atoms with Crippen molar-refractivity contribution in [3.63, 3.8) is 0 Å². The lowest BCUT2D eigenvalue weighted by molar-refractivity contribution is 0.599. The minimum Gasteiger partial charge on any atom is -0.327 e. The topological polar surface area (TPSA) is 26.0 Å². The Kier molecular flexibility index (Phi) is 2.53. The Labute approximate surface area is 109 Å². The van der Waals surface area contributed by atoms with Crippen LogP contribution in [-0.2, 0) is 0 Å². The van der Waals surface area contributed by atoms with Crippen LogP contribution < -0.4 is 5.73 Å². The number of nitrogens with two attached hydrogens (primary N) is 1. The van der Waals surface area contributed by atoms with Crippen molar-refractivity contribution in [2.75, 3.05) is 0 Å². The Bertz CT molecular complexity index is 557. The van der Waals surface area contributed by atoms with E-state index in [1.54, 1.807) is 0 Å². The molecule has 1 fully saturated rings. The molecule has 0 spiro atoms. The Morgan fingerprint density at radius 2 is 1.44 bits per heavy atom. The Morgan fingerprint density at radius 3 is 2.06 bits per heavy atom. The van der Waals surface area contributed by atoms with Gasteiger partial charge in [-0.15, -0.1) is 0 Å². The summed E-state index contributed by atoms with van der Waals surface area (Å²) in [6, 6.07) is 19.5. The lowest BCUT2D eigenvalue weighted by atomic mass is 9.94. The van der Waals surface area contributed by atoms with E-state index in [4.69, 9.17) is 5.73 Å². The first-order valence-corrected chi connectivity index (χ1v) is 6.52. The zero-order valence-electron chi connectivity index (χ0n) is 10.9. The van der Waals surface area contributed by atoms with Crippen molar-refractivity contribution < 1.29 is 0 Å². The fraction of sp³-hybridized carbons (Fsp3) is 0.294. The number of hydrogen-bond donors (Lipinski definition) is 1. The largest absolute Gasteiger partial charge is 0.327 e. The molecular weight excluding hydrogens is 218 g/mol. The molecule has 0 heterocycles. The average Bonchev–Trinajstić information content (AvgIpc) is 2.89. The van der Waals surface area contributed by atoms with Gasteiger partial charge in [0.1, 0.15) is 0 Å². The van der Waals surface area contributed by atoms with Crippen molar-refractivity contribution in [3.05, 3.63) is 60.2 Å². The van der Waals surface area contributed by atoms with Crippen molar-refractivity contribution in [1.82, 2.24) is 0 Å². The third kappa shape index (κ3) is 1.67. The zero-order chi connectivity index (χ0) is 12.8. The van der Waals surface area contributed by atoms with Crippen LogP contribution in [0.4, 0.5) is 0 Å². The van der Waals surface area contributed by atoms with E-state index in [1.807, 2.05) is 0 Å². The summed E-state index contributed by atoms with van der Waals surface area (Å²) in [6.45, 7) is 4.51. The molecule has 1 nitrogen and oxygen atoms in total. The number of benzene rings is 2. The van der Waals surface area contributed by atoms with E-state index >= 15 is 0 Å². The van der Waals surface area contributed by atoms with Crippen molar-refractivity contribution >= 4 is 0 Å². The van der Waals surface area contributed by atoms with Crippen molar-refractivity contribution in [2.24, 2.45) is 11.1 Å². The van der Waals surface area contributed by atoms with E-state index in [-0.39, 0.29) is 11.5 Å². The van der Waals surface area contributed by atoms with Gasteiger partial charge in [0.2, 0.25) is 0 Å². The molecule has 2 aromatic carbocycles. The summed E-state index contributed by atoms with van der Waals surface area (Å²) in [5.74, 6) is 0.480. The molecule has 18 heavy (non-hydrogen) atoms. The molecule has 0 aromatic heterocycles. The van der Waals surface area contributed by atoms with Crippen molar-refractivity contribution in [1.29, 1.82) is 0 Å². The molecule has 0 saturated heterocycles.